The molecule has 0 aliphatic rings. The molecule has 0 fully saturated rings. The molecule has 0 heterocycles. The maximum atomic E-state index is 10.8. The molecule has 102 valence electrons. The van der Waals surface area contributed by atoms with Crippen LogP contribution in [0.2, 0.25) is 0 Å². The van der Waals surface area contributed by atoms with Gasteiger partial charge in [0.25, 0.3) is 0 Å². The second-order valence-corrected chi connectivity index (χ2v) is 4.35. The molecular weight excluding hydrogens is 252 g/mol. The van der Waals surface area contributed by atoms with Gasteiger partial charge in [-0.05, 0) is 23.1 Å². The van der Waals surface area contributed by atoms with Crippen molar-refractivity contribution < 1.29 is 14.6 Å². The molecule has 0 atom stereocenters. The van der Waals surface area contributed by atoms with Gasteiger partial charge < -0.3 is 0 Å². The zero-order valence-electron chi connectivity index (χ0n) is 11.1. The molecule has 0 saturated heterocycles. The minimum atomic E-state index is -0.592. The smallest absolute Gasteiger partial charge is 0.293 e. The Morgan fingerprint density at radius 3 is 2.20 bits per heavy atom. The standard InChI is InChI=1S/C17H16O3/c1-2-17(18)20-19-13-16-10-8-15(9-11-16)12-14-6-4-3-5-7-14/h2-11H,1,12-13H2. The molecule has 2 aromatic rings. The molecule has 20 heavy (non-hydrogen) atoms. The Balaban J connectivity index is 1.86. The molecule has 0 aromatic heterocycles. The minimum absolute atomic E-state index is 0.227. The van der Waals surface area contributed by atoms with Crippen LogP contribution in [0.15, 0.2) is 67.3 Å². The summed E-state index contributed by atoms with van der Waals surface area (Å²) in [5.41, 5.74) is 3.44. The Kier molecular flexibility index (Phi) is 5.09. The van der Waals surface area contributed by atoms with Crippen molar-refractivity contribution in [2.24, 2.45) is 0 Å². The molecule has 0 radical (unpaired) electrons. The van der Waals surface area contributed by atoms with Crippen LogP contribution in [0.5, 0.6) is 0 Å². The average Bonchev–Trinajstić information content (AvgIpc) is 2.50. The van der Waals surface area contributed by atoms with Crippen LogP contribution in [-0.4, -0.2) is 5.97 Å². The molecule has 2 rings (SSSR count). The molecule has 0 N–H and O–H groups in total. The topological polar surface area (TPSA) is 35.5 Å². The Hall–Kier alpha value is -2.39. The predicted octanol–water partition coefficient (Wildman–Crippen LogP) is 3.44. The summed E-state index contributed by atoms with van der Waals surface area (Å²) in [7, 11) is 0. The molecule has 0 amide bonds. The maximum Gasteiger partial charge on any atom is 0.365 e. The van der Waals surface area contributed by atoms with Gasteiger partial charge in [-0.3, -0.25) is 4.89 Å². The predicted molar refractivity (Wildman–Crippen MR) is 76.8 cm³/mol. The van der Waals surface area contributed by atoms with Crippen LogP contribution in [0.25, 0.3) is 0 Å². The Labute approximate surface area is 118 Å². The lowest BCUT2D eigenvalue weighted by Gasteiger charge is -2.05. The number of carbonyl (C=O) groups excluding carboxylic acids is 1. The van der Waals surface area contributed by atoms with Crippen molar-refractivity contribution in [3.8, 4) is 0 Å². The summed E-state index contributed by atoms with van der Waals surface area (Å²) in [5, 5.41) is 0. The highest BCUT2D eigenvalue weighted by molar-refractivity contribution is 5.80. The van der Waals surface area contributed by atoms with Gasteiger partial charge in [0.05, 0.1) is 0 Å². The van der Waals surface area contributed by atoms with Crippen LogP contribution in [0.3, 0.4) is 0 Å². The molecule has 0 bridgehead atoms. The lowest BCUT2D eigenvalue weighted by Crippen LogP contribution is -2.01. The van der Waals surface area contributed by atoms with Gasteiger partial charge in [-0.15, -0.1) is 0 Å². The normalized spacial score (nSPS) is 10.0. The van der Waals surface area contributed by atoms with Crippen molar-refractivity contribution in [2.45, 2.75) is 13.0 Å². The third-order valence-electron chi connectivity index (χ3n) is 2.81. The fourth-order valence-electron chi connectivity index (χ4n) is 1.77. The van der Waals surface area contributed by atoms with Gasteiger partial charge in [-0.1, -0.05) is 61.2 Å². The molecule has 0 saturated carbocycles. The third-order valence-corrected chi connectivity index (χ3v) is 2.81. The first-order valence-electron chi connectivity index (χ1n) is 6.35. The first kappa shape index (κ1) is 14.0. The van der Waals surface area contributed by atoms with Crippen LogP contribution >= 0.6 is 0 Å². The van der Waals surface area contributed by atoms with Gasteiger partial charge in [0.15, 0.2) is 0 Å². The zero-order chi connectivity index (χ0) is 14.2. The lowest BCUT2D eigenvalue weighted by atomic mass is 10.0. The number of benzene rings is 2. The van der Waals surface area contributed by atoms with E-state index in [0.29, 0.717) is 0 Å². The largest absolute Gasteiger partial charge is 0.365 e. The van der Waals surface area contributed by atoms with Gasteiger partial charge in [0.1, 0.15) is 6.61 Å². The number of hydrogen-bond acceptors (Lipinski definition) is 3. The van der Waals surface area contributed by atoms with Crippen LogP contribution in [-0.2, 0) is 27.6 Å². The summed E-state index contributed by atoms with van der Waals surface area (Å²) in [6.45, 7) is 3.51. The second kappa shape index (κ2) is 7.26. The summed E-state index contributed by atoms with van der Waals surface area (Å²) >= 11 is 0. The summed E-state index contributed by atoms with van der Waals surface area (Å²) < 4.78 is 0. The fraction of sp³-hybridized carbons (Fsp3) is 0.118. The molecule has 2 aromatic carbocycles. The van der Waals surface area contributed by atoms with Gasteiger partial charge in [0.2, 0.25) is 0 Å². The van der Waals surface area contributed by atoms with Gasteiger partial charge in [-0.25, -0.2) is 4.79 Å². The monoisotopic (exact) mass is 268 g/mol. The quantitative estimate of drug-likeness (QED) is 0.457. The van der Waals surface area contributed by atoms with E-state index in [1.54, 1.807) is 0 Å². The molecular formula is C17H16O3. The van der Waals surface area contributed by atoms with Crippen LogP contribution < -0.4 is 0 Å². The van der Waals surface area contributed by atoms with Gasteiger partial charge in [0, 0.05) is 6.08 Å². The molecule has 0 unspecified atom stereocenters. The molecule has 0 spiro atoms. The highest BCUT2D eigenvalue weighted by Crippen LogP contribution is 2.11. The molecule has 3 nitrogen and oxygen atoms in total. The maximum absolute atomic E-state index is 10.8. The Morgan fingerprint density at radius 2 is 1.55 bits per heavy atom. The third kappa shape index (κ3) is 4.37. The van der Waals surface area contributed by atoms with Crippen molar-refractivity contribution >= 4 is 5.97 Å². The zero-order valence-corrected chi connectivity index (χ0v) is 11.1. The van der Waals surface area contributed by atoms with Crippen LogP contribution in [0, 0.1) is 0 Å². The summed E-state index contributed by atoms with van der Waals surface area (Å²) in [6, 6.07) is 18.3. The highest BCUT2D eigenvalue weighted by atomic mass is 17.2. The van der Waals surface area contributed by atoms with Crippen LogP contribution in [0.1, 0.15) is 16.7 Å². The minimum Gasteiger partial charge on any atom is -0.293 e. The first-order chi connectivity index (χ1) is 9.78. The lowest BCUT2D eigenvalue weighted by molar-refractivity contribution is -0.275. The number of carbonyl (C=O) groups is 1. The summed E-state index contributed by atoms with van der Waals surface area (Å²) in [6.07, 6.45) is 1.95. The van der Waals surface area contributed by atoms with E-state index in [1.165, 1.54) is 11.1 Å². The van der Waals surface area contributed by atoms with Crippen molar-refractivity contribution in [3.63, 3.8) is 0 Å². The SMILES string of the molecule is C=CC(=O)OOCc1ccc(Cc2ccccc2)cc1. The van der Waals surface area contributed by atoms with E-state index < -0.39 is 5.97 Å². The average molecular weight is 268 g/mol. The number of rotatable bonds is 6. The van der Waals surface area contributed by atoms with Gasteiger partial charge in [-0.2, -0.15) is 4.89 Å². The van der Waals surface area contributed by atoms with Gasteiger partial charge >= 0.3 is 5.97 Å². The number of hydrogen-bond donors (Lipinski definition) is 0. The van der Waals surface area contributed by atoms with E-state index in [1.807, 2.05) is 42.5 Å². The van der Waals surface area contributed by atoms with E-state index in [4.69, 9.17) is 4.89 Å². The fourth-order valence-corrected chi connectivity index (χ4v) is 1.77. The first-order valence-corrected chi connectivity index (χ1v) is 6.35. The summed E-state index contributed by atoms with van der Waals surface area (Å²) in [5.74, 6) is -0.592. The van der Waals surface area contributed by atoms with Crippen molar-refractivity contribution in [2.75, 3.05) is 0 Å². The molecule has 0 aliphatic carbocycles. The molecule has 0 aliphatic heterocycles. The van der Waals surface area contributed by atoms with E-state index in [0.717, 1.165) is 18.1 Å². The summed E-state index contributed by atoms with van der Waals surface area (Å²) in [4.78, 5) is 20.1. The van der Waals surface area contributed by atoms with E-state index >= 15 is 0 Å². The Morgan fingerprint density at radius 1 is 0.950 bits per heavy atom. The van der Waals surface area contributed by atoms with Crippen LogP contribution in [0.4, 0.5) is 0 Å². The molecule has 3 heteroatoms. The van der Waals surface area contributed by atoms with Crippen molar-refractivity contribution in [1.29, 1.82) is 0 Å². The van der Waals surface area contributed by atoms with Crippen molar-refractivity contribution in [3.05, 3.63) is 83.9 Å². The Bertz CT molecular complexity index is 559. The van der Waals surface area contributed by atoms with Crippen molar-refractivity contribution in [1.82, 2.24) is 0 Å². The van der Waals surface area contributed by atoms with E-state index in [-0.39, 0.29) is 6.61 Å². The highest BCUT2D eigenvalue weighted by Gasteiger charge is 2.00. The van der Waals surface area contributed by atoms with E-state index in [9.17, 15) is 4.79 Å². The van der Waals surface area contributed by atoms with E-state index in [2.05, 4.69) is 23.6 Å². The second-order valence-electron chi connectivity index (χ2n) is 4.35.